The zero-order valence-corrected chi connectivity index (χ0v) is 13.4. The standard InChI is InChI=1S/C17H13ClF3N3/c1-2-10-3-5-11(6-4-10)15-22-16(24-23-15)13-9-12(17(19,20)21)7-8-14(13)18/h3-9H,2H2,1H3,(H,22,23,24). The molecule has 124 valence electrons. The molecule has 3 aromatic rings. The van der Waals surface area contributed by atoms with Crippen LogP contribution in [0.15, 0.2) is 42.5 Å². The fraction of sp³-hybridized carbons (Fsp3) is 0.176. The molecular weight excluding hydrogens is 339 g/mol. The highest BCUT2D eigenvalue weighted by Gasteiger charge is 2.31. The number of nitrogens with zero attached hydrogens (tertiary/aromatic N) is 2. The van der Waals surface area contributed by atoms with Gasteiger partial charge in [0, 0.05) is 11.1 Å². The molecule has 0 aliphatic rings. The Hall–Kier alpha value is -2.34. The predicted molar refractivity (Wildman–Crippen MR) is 86.6 cm³/mol. The highest BCUT2D eigenvalue weighted by Crippen LogP contribution is 2.35. The van der Waals surface area contributed by atoms with Crippen molar-refractivity contribution in [3.63, 3.8) is 0 Å². The molecule has 3 rings (SSSR count). The number of nitrogens with one attached hydrogen (secondary N) is 1. The van der Waals surface area contributed by atoms with Gasteiger partial charge in [0.2, 0.25) is 0 Å². The van der Waals surface area contributed by atoms with Crippen LogP contribution in [0.5, 0.6) is 0 Å². The van der Waals surface area contributed by atoms with E-state index in [1.54, 1.807) is 0 Å². The highest BCUT2D eigenvalue weighted by atomic mass is 35.5. The van der Waals surface area contributed by atoms with Gasteiger partial charge in [0.05, 0.1) is 10.6 Å². The van der Waals surface area contributed by atoms with Crippen LogP contribution >= 0.6 is 11.6 Å². The van der Waals surface area contributed by atoms with Gasteiger partial charge >= 0.3 is 6.18 Å². The van der Waals surface area contributed by atoms with E-state index in [0.29, 0.717) is 5.82 Å². The fourth-order valence-corrected chi connectivity index (χ4v) is 2.49. The van der Waals surface area contributed by atoms with E-state index in [0.717, 1.165) is 24.1 Å². The van der Waals surface area contributed by atoms with Crippen LogP contribution in [-0.2, 0) is 12.6 Å². The Morgan fingerprint density at radius 1 is 1.08 bits per heavy atom. The number of H-pyrrole nitrogens is 1. The molecule has 3 nitrogen and oxygen atoms in total. The normalized spacial score (nSPS) is 11.7. The minimum absolute atomic E-state index is 0.162. The number of benzene rings is 2. The molecule has 0 aliphatic carbocycles. The Labute approximate surface area is 141 Å². The van der Waals surface area contributed by atoms with Gasteiger partial charge in [-0.1, -0.05) is 42.8 Å². The molecule has 1 N–H and O–H groups in total. The number of alkyl halides is 3. The molecule has 0 spiro atoms. The van der Waals surface area contributed by atoms with Crippen molar-refractivity contribution in [2.24, 2.45) is 0 Å². The molecule has 0 atom stereocenters. The third kappa shape index (κ3) is 3.28. The molecule has 0 saturated heterocycles. The van der Waals surface area contributed by atoms with E-state index in [4.69, 9.17) is 11.6 Å². The van der Waals surface area contributed by atoms with Crippen molar-refractivity contribution in [3.05, 3.63) is 58.6 Å². The predicted octanol–water partition coefficient (Wildman–Crippen LogP) is 5.37. The summed E-state index contributed by atoms with van der Waals surface area (Å²) in [5.74, 6) is 0.599. The Bertz CT molecular complexity index is 854. The van der Waals surface area contributed by atoms with Crippen molar-refractivity contribution in [3.8, 4) is 22.8 Å². The van der Waals surface area contributed by atoms with Crippen LogP contribution in [0.3, 0.4) is 0 Å². The molecule has 0 amide bonds. The molecule has 24 heavy (non-hydrogen) atoms. The van der Waals surface area contributed by atoms with Crippen molar-refractivity contribution in [2.45, 2.75) is 19.5 Å². The average molecular weight is 352 g/mol. The summed E-state index contributed by atoms with van der Waals surface area (Å²) in [6, 6.07) is 10.8. The van der Waals surface area contributed by atoms with Crippen LogP contribution in [-0.4, -0.2) is 15.2 Å². The van der Waals surface area contributed by atoms with E-state index < -0.39 is 11.7 Å². The topological polar surface area (TPSA) is 41.6 Å². The van der Waals surface area contributed by atoms with Gasteiger partial charge in [-0.3, -0.25) is 5.10 Å². The zero-order chi connectivity index (χ0) is 17.3. The van der Waals surface area contributed by atoms with Crippen molar-refractivity contribution >= 4 is 11.6 Å². The van der Waals surface area contributed by atoms with Gasteiger partial charge in [0.1, 0.15) is 0 Å². The van der Waals surface area contributed by atoms with Crippen LogP contribution in [0.1, 0.15) is 18.1 Å². The number of aromatic nitrogens is 3. The number of aryl methyl sites for hydroxylation is 1. The monoisotopic (exact) mass is 351 g/mol. The van der Waals surface area contributed by atoms with Gasteiger partial charge in [-0.05, 0) is 30.2 Å². The average Bonchev–Trinajstić information content (AvgIpc) is 3.04. The molecule has 0 fully saturated rings. The van der Waals surface area contributed by atoms with E-state index in [-0.39, 0.29) is 16.4 Å². The Balaban J connectivity index is 1.98. The van der Waals surface area contributed by atoms with Gasteiger partial charge in [-0.25, -0.2) is 4.98 Å². The Morgan fingerprint density at radius 3 is 2.42 bits per heavy atom. The number of rotatable bonds is 3. The minimum Gasteiger partial charge on any atom is -0.259 e. The first-order chi connectivity index (χ1) is 11.4. The highest BCUT2D eigenvalue weighted by molar-refractivity contribution is 6.33. The first-order valence-electron chi connectivity index (χ1n) is 7.27. The fourth-order valence-electron chi connectivity index (χ4n) is 2.28. The maximum Gasteiger partial charge on any atom is 0.416 e. The van der Waals surface area contributed by atoms with E-state index in [1.807, 2.05) is 24.3 Å². The summed E-state index contributed by atoms with van der Waals surface area (Å²) in [4.78, 5) is 4.27. The maximum atomic E-state index is 12.9. The zero-order valence-electron chi connectivity index (χ0n) is 12.7. The van der Waals surface area contributed by atoms with E-state index >= 15 is 0 Å². The Kier molecular flexibility index (Phi) is 4.32. The molecule has 0 aliphatic heterocycles. The quantitative estimate of drug-likeness (QED) is 0.689. The molecule has 1 heterocycles. The van der Waals surface area contributed by atoms with Crippen molar-refractivity contribution < 1.29 is 13.2 Å². The number of hydrogen-bond acceptors (Lipinski definition) is 2. The van der Waals surface area contributed by atoms with E-state index in [2.05, 4.69) is 22.1 Å². The number of hydrogen-bond donors (Lipinski definition) is 1. The lowest BCUT2D eigenvalue weighted by Gasteiger charge is -2.08. The van der Waals surface area contributed by atoms with Gasteiger partial charge in [0.25, 0.3) is 0 Å². The largest absolute Gasteiger partial charge is 0.416 e. The SMILES string of the molecule is CCc1ccc(-c2n[nH]c(-c3cc(C(F)(F)F)ccc3Cl)n2)cc1. The number of halogens is 4. The summed E-state index contributed by atoms with van der Waals surface area (Å²) in [6.07, 6.45) is -3.53. The first kappa shape index (κ1) is 16.5. The Morgan fingerprint density at radius 2 is 1.79 bits per heavy atom. The third-order valence-electron chi connectivity index (χ3n) is 3.65. The van der Waals surface area contributed by atoms with Crippen LogP contribution in [0.25, 0.3) is 22.8 Å². The molecule has 0 saturated carbocycles. The lowest BCUT2D eigenvalue weighted by Crippen LogP contribution is -2.05. The van der Waals surface area contributed by atoms with Gasteiger partial charge in [-0.2, -0.15) is 18.3 Å². The summed E-state index contributed by atoms with van der Waals surface area (Å²) in [5, 5.41) is 6.90. The van der Waals surface area contributed by atoms with E-state index in [1.165, 1.54) is 11.6 Å². The summed E-state index contributed by atoms with van der Waals surface area (Å²) in [5.41, 5.74) is 1.33. The first-order valence-corrected chi connectivity index (χ1v) is 7.65. The van der Waals surface area contributed by atoms with Crippen molar-refractivity contribution in [2.75, 3.05) is 0 Å². The van der Waals surface area contributed by atoms with Gasteiger partial charge < -0.3 is 0 Å². The maximum absolute atomic E-state index is 12.9. The third-order valence-corrected chi connectivity index (χ3v) is 3.98. The van der Waals surface area contributed by atoms with Crippen LogP contribution in [0.2, 0.25) is 5.02 Å². The van der Waals surface area contributed by atoms with Crippen LogP contribution in [0.4, 0.5) is 13.2 Å². The molecule has 1 aromatic heterocycles. The lowest BCUT2D eigenvalue weighted by atomic mass is 10.1. The molecule has 7 heteroatoms. The second-order valence-corrected chi connectivity index (χ2v) is 5.66. The minimum atomic E-state index is -4.45. The summed E-state index contributed by atoms with van der Waals surface area (Å²) >= 11 is 6.02. The van der Waals surface area contributed by atoms with Gasteiger partial charge in [0.15, 0.2) is 11.6 Å². The molecular formula is C17H13ClF3N3. The van der Waals surface area contributed by atoms with Crippen molar-refractivity contribution in [1.82, 2.24) is 15.2 Å². The summed E-state index contributed by atoms with van der Waals surface area (Å²) < 4.78 is 38.6. The lowest BCUT2D eigenvalue weighted by molar-refractivity contribution is -0.137. The molecule has 2 aromatic carbocycles. The van der Waals surface area contributed by atoms with Crippen LogP contribution in [0, 0.1) is 0 Å². The van der Waals surface area contributed by atoms with Crippen LogP contribution < -0.4 is 0 Å². The van der Waals surface area contributed by atoms with Gasteiger partial charge in [-0.15, -0.1) is 0 Å². The molecule has 0 bridgehead atoms. The molecule has 0 radical (unpaired) electrons. The van der Waals surface area contributed by atoms with Crippen molar-refractivity contribution in [1.29, 1.82) is 0 Å². The molecule has 0 unspecified atom stereocenters. The van der Waals surface area contributed by atoms with E-state index in [9.17, 15) is 13.2 Å². The number of aromatic amines is 1. The summed E-state index contributed by atoms with van der Waals surface area (Å²) in [6.45, 7) is 2.05. The second-order valence-electron chi connectivity index (χ2n) is 5.25. The second kappa shape index (κ2) is 6.28. The smallest absolute Gasteiger partial charge is 0.259 e. The summed E-state index contributed by atoms with van der Waals surface area (Å²) in [7, 11) is 0.